The third-order valence-electron chi connectivity index (χ3n) is 3.97. The first-order valence-corrected chi connectivity index (χ1v) is 8.28. The molecule has 4 aromatic rings. The van der Waals surface area contributed by atoms with Crippen molar-refractivity contribution in [2.45, 2.75) is 6.54 Å². The van der Waals surface area contributed by atoms with Crippen molar-refractivity contribution in [2.24, 2.45) is 10.2 Å². The van der Waals surface area contributed by atoms with Crippen molar-refractivity contribution < 1.29 is 14.8 Å². The summed E-state index contributed by atoms with van der Waals surface area (Å²) in [5, 5.41) is 40.2. The van der Waals surface area contributed by atoms with Crippen LogP contribution in [0.5, 0.6) is 5.88 Å². The smallest absolute Gasteiger partial charge is 0.287 e. The quantitative estimate of drug-likeness (QED) is 0.299. The number of carbonyl (C=O) groups is 1. The van der Waals surface area contributed by atoms with Crippen molar-refractivity contribution in [1.82, 2.24) is 25.2 Å². The molecule has 0 radical (unpaired) electrons. The van der Waals surface area contributed by atoms with Gasteiger partial charge in [-0.1, -0.05) is 30.3 Å². The zero-order valence-electron chi connectivity index (χ0n) is 14.6. The molecule has 2 aromatic heterocycles. The number of nitrogens with one attached hydrogen (secondary N) is 1. The standard InChI is InChI=1S/C17H12N8O4/c26-14(9-24-22-16(21-23-24)10-4-2-1-3-5-10)19-20-15-12-8-11(25(28)29)6-7-13(12)18-17(15)27/h1-8,18,27H,9H2. The molecule has 12 heteroatoms. The number of nitro groups is 1. The van der Waals surface area contributed by atoms with Crippen LogP contribution < -0.4 is 0 Å². The summed E-state index contributed by atoms with van der Waals surface area (Å²) >= 11 is 0. The number of azo groups is 1. The van der Waals surface area contributed by atoms with E-state index in [1.165, 1.54) is 18.2 Å². The largest absolute Gasteiger partial charge is 0.493 e. The predicted octanol–water partition coefficient (Wildman–Crippen LogP) is 2.75. The Balaban J connectivity index is 1.53. The molecule has 0 aliphatic carbocycles. The Morgan fingerprint density at radius 2 is 2.03 bits per heavy atom. The van der Waals surface area contributed by atoms with E-state index in [0.29, 0.717) is 11.3 Å². The van der Waals surface area contributed by atoms with E-state index < -0.39 is 10.8 Å². The summed E-state index contributed by atoms with van der Waals surface area (Å²) in [6.07, 6.45) is 0. The summed E-state index contributed by atoms with van der Waals surface area (Å²) in [6.45, 7) is -0.313. The van der Waals surface area contributed by atoms with E-state index in [2.05, 4.69) is 30.6 Å². The maximum absolute atomic E-state index is 12.1. The Kier molecular flexibility index (Phi) is 4.49. The number of aromatic nitrogens is 5. The minimum Gasteiger partial charge on any atom is -0.493 e. The van der Waals surface area contributed by atoms with Crippen LogP contribution >= 0.6 is 0 Å². The van der Waals surface area contributed by atoms with Crippen molar-refractivity contribution in [1.29, 1.82) is 0 Å². The van der Waals surface area contributed by atoms with Crippen molar-refractivity contribution in [3.63, 3.8) is 0 Å². The van der Waals surface area contributed by atoms with Crippen molar-refractivity contribution in [3.8, 4) is 17.3 Å². The summed E-state index contributed by atoms with van der Waals surface area (Å²) in [4.78, 5) is 26.1. The van der Waals surface area contributed by atoms with Gasteiger partial charge < -0.3 is 10.1 Å². The second kappa shape index (κ2) is 7.26. The van der Waals surface area contributed by atoms with E-state index >= 15 is 0 Å². The van der Waals surface area contributed by atoms with Gasteiger partial charge in [-0.05, 0) is 11.3 Å². The van der Waals surface area contributed by atoms with Gasteiger partial charge in [-0.15, -0.1) is 20.4 Å². The van der Waals surface area contributed by atoms with Gasteiger partial charge in [-0.3, -0.25) is 14.9 Å². The molecule has 0 atom stereocenters. The molecule has 29 heavy (non-hydrogen) atoms. The maximum atomic E-state index is 12.1. The number of rotatable bonds is 5. The molecule has 0 bridgehead atoms. The van der Waals surface area contributed by atoms with Crippen LogP contribution in [0.25, 0.3) is 22.3 Å². The first-order chi connectivity index (χ1) is 14.0. The van der Waals surface area contributed by atoms with Gasteiger partial charge in [-0.2, -0.15) is 4.80 Å². The molecule has 12 nitrogen and oxygen atoms in total. The highest BCUT2D eigenvalue weighted by Crippen LogP contribution is 2.37. The molecule has 1 amide bonds. The SMILES string of the molecule is O=C(Cn1nnc(-c2ccccc2)n1)N=Nc1c(O)[nH]c2ccc([N+](=O)[O-])cc12. The van der Waals surface area contributed by atoms with Gasteiger partial charge in [0.05, 0.1) is 10.4 Å². The van der Waals surface area contributed by atoms with Crippen LogP contribution in [0.3, 0.4) is 0 Å². The van der Waals surface area contributed by atoms with Crippen molar-refractivity contribution in [3.05, 3.63) is 58.6 Å². The number of hydrogen-bond donors (Lipinski definition) is 2. The number of hydrogen-bond acceptors (Lipinski definition) is 8. The molecule has 0 aliphatic heterocycles. The minimum atomic E-state index is -0.693. The number of nitro benzene ring substituents is 1. The Morgan fingerprint density at radius 1 is 1.24 bits per heavy atom. The third kappa shape index (κ3) is 3.66. The van der Waals surface area contributed by atoms with E-state index in [9.17, 15) is 20.0 Å². The van der Waals surface area contributed by atoms with Crippen molar-refractivity contribution in [2.75, 3.05) is 0 Å². The van der Waals surface area contributed by atoms with Crippen LogP contribution in [0.2, 0.25) is 0 Å². The van der Waals surface area contributed by atoms with Gasteiger partial charge in [0.15, 0.2) is 5.69 Å². The fraction of sp³-hybridized carbons (Fsp3) is 0.0588. The molecule has 2 N–H and O–H groups in total. The summed E-state index contributed by atoms with van der Waals surface area (Å²) in [7, 11) is 0. The van der Waals surface area contributed by atoms with Gasteiger partial charge in [0.1, 0.15) is 6.54 Å². The molecule has 0 saturated heterocycles. The van der Waals surface area contributed by atoms with E-state index in [0.717, 1.165) is 10.4 Å². The van der Waals surface area contributed by atoms with Crippen LogP contribution in [0.1, 0.15) is 0 Å². The van der Waals surface area contributed by atoms with Crippen LogP contribution in [0, 0.1) is 10.1 Å². The minimum absolute atomic E-state index is 0.0754. The van der Waals surface area contributed by atoms with E-state index in [4.69, 9.17) is 0 Å². The lowest BCUT2D eigenvalue weighted by atomic mass is 10.2. The van der Waals surface area contributed by atoms with Gasteiger partial charge >= 0.3 is 0 Å². The zero-order valence-corrected chi connectivity index (χ0v) is 14.6. The van der Waals surface area contributed by atoms with Gasteiger partial charge in [-0.25, -0.2) is 0 Å². The van der Waals surface area contributed by atoms with Crippen LogP contribution in [-0.4, -0.2) is 41.1 Å². The highest BCUT2D eigenvalue weighted by Gasteiger charge is 2.15. The number of aromatic hydroxyl groups is 1. The maximum Gasteiger partial charge on any atom is 0.287 e. The first kappa shape index (κ1) is 17.9. The number of fused-ring (bicyclic) bond motifs is 1. The topological polar surface area (TPSA) is 165 Å². The van der Waals surface area contributed by atoms with Gasteiger partial charge in [0.25, 0.3) is 11.6 Å². The summed E-state index contributed by atoms with van der Waals surface area (Å²) in [5.74, 6) is -0.694. The lowest BCUT2D eigenvalue weighted by Gasteiger charge is -1.94. The number of tetrazole rings is 1. The first-order valence-electron chi connectivity index (χ1n) is 8.28. The molecular formula is C17H12N8O4. The molecular weight excluding hydrogens is 380 g/mol. The monoisotopic (exact) mass is 392 g/mol. The summed E-state index contributed by atoms with van der Waals surface area (Å²) < 4.78 is 0. The van der Waals surface area contributed by atoms with Crippen LogP contribution in [0.15, 0.2) is 58.8 Å². The predicted molar refractivity (Wildman–Crippen MR) is 99.4 cm³/mol. The lowest BCUT2D eigenvalue weighted by molar-refractivity contribution is -0.384. The summed E-state index contributed by atoms with van der Waals surface area (Å²) in [5.41, 5.74) is 0.909. The fourth-order valence-corrected chi connectivity index (χ4v) is 2.64. The van der Waals surface area contributed by atoms with E-state index in [1.54, 1.807) is 0 Å². The number of H-pyrrole nitrogens is 1. The Bertz CT molecular complexity index is 1250. The Hall–Kier alpha value is -4.48. The van der Waals surface area contributed by atoms with E-state index in [-0.39, 0.29) is 29.2 Å². The molecule has 2 heterocycles. The fourth-order valence-electron chi connectivity index (χ4n) is 2.64. The van der Waals surface area contributed by atoms with Crippen LogP contribution in [0.4, 0.5) is 11.4 Å². The molecule has 0 aliphatic rings. The highest BCUT2D eigenvalue weighted by molar-refractivity contribution is 5.95. The van der Waals surface area contributed by atoms with Crippen molar-refractivity contribution >= 4 is 28.2 Å². The number of aromatic amines is 1. The number of benzene rings is 2. The van der Waals surface area contributed by atoms with Gasteiger partial charge in [0.2, 0.25) is 11.7 Å². The Morgan fingerprint density at radius 3 is 2.79 bits per heavy atom. The second-order valence-corrected chi connectivity index (χ2v) is 5.91. The number of amides is 1. The highest BCUT2D eigenvalue weighted by atomic mass is 16.6. The Labute approximate surface area is 161 Å². The average Bonchev–Trinajstić information content (AvgIpc) is 3.30. The average molecular weight is 392 g/mol. The molecule has 0 saturated carbocycles. The number of carbonyl (C=O) groups excluding carboxylic acids is 1. The molecule has 2 aromatic carbocycles. The normalized spacial score (nSPS) is 11.3. The molecule has 0 unspecified atom stereocenters. The zero-order chi connectivity index (χ0) is 20.4. The molecule has 4 rings (SSSR count). The van der Waals surface area contributed by atoms with Gasteiger partial charge in [0, 0.05) is 23.1 Å². The lowest BCUT2D eigenvalue weighted by Crippen LogP contribution is -2.10. The summed E-state index contributed by atoms with van der Waals surface area (Å²) in [6, 6.07) is 13.1. The van der Waals surface area contributed by atoms with E-state index in [1.807, 2.05) is 30.3 Å². The second-order valence-electron chi connectivity index (χ2n) is 5.91. The molecule has 0 fully saturated rings. The number of nitrogens with zero attached hydrogens (tertiary/aromatic N) is 7. The molecule has 144 valence electrons. The molecule has 0 spiro atoms. The van der Waals surface area contributed by atoms with Crippen LogP contribution in [-0.2, 0) is 11.3 Å². The third-order valence-corrected chi connectivity index (χ3v) is 3.97. The number of non-ortho nitro benzene ring substituents is 1.